The molecule has 2 atom stereocenters. The third kappa shape index (κ3) is 2.29. The Hall–Kier alpha value is -0.370. The van der Waals surface area contributed by atoms with Crippen molar-refractivity contribution >= 4 is 5.78 Å². The number of carbonyl (C=O) groups excluding carboxylic acids is 1. The second-order valence-electron chi connectivity index (χ2n) is 3.80. The van der Waals surface area contributed by atoms with Gasteiger partial charge in [-0.2, -0.15) is 0 Å². The highest BCUT2D eigenvalue weighted by atomic mass is 16.1. The molecule has 64 valence electrons. The molecular formula is C9H17NO. The van der Waals surface area contributed by atoms with Crippen molar-refractivity contribution in [2.45, 2.75) is 32.7 Å². The second kappa shape index (κ2) is 3.35. The van der Waals surface area contributed by atoms with Crippen LogP contribution in [0.15, 0.2) is 0 Å². The van der Waals surface area contributed by atoms with E-state index in [-0.39, 0.29) is 0 Å². The van der Waals surface area contributed by atoms with E-state index < -0.39 is 0 Å². The zero-order valence-electron chi connectivity index (χ0n) is 7.55. The summed E-state index contributed by atoms with van der Waals surface area (Å²) < 4.78 is 0. The van der Waals surface area contributed by atoms with Gasteiger partial charge in [0.25, 0.3) is 0 Å². The number of rotatable bonds is 4. The molecular weight excluding hydrogens is 138 g/mol. The second-order valence-corrected chi connectivity index (χ2v) is 3.80. The van der Waals surface area contributed by atoms with E-state index in [0.717, 1.165) is 12.8 Å². The first-order valence-corrected chi connectivity index (χ1v) is 4.35. The first-order chi connectivity index (χ1) is 5.15. The van der Waals surface area contributed by atoms with Gasteiger partial charge in [-0.25, -0.2) is 0 Å². The van der Waals surface area contributed by atoms with E-state index in [1.165, 1.54) is 0 Å². The number of ketones is 1. The Labute approximate surface area is 68.4 Å². The van der Waals surface area contributed by atoms with E-state index in [2.05, 4.69) is 19.2 Å². The molecule has 1 fully saturated rings. The molecule has 1 saturated carbocycles. The Kier molecular flexibility index (Phi) is 2.66. The summed E-state index contributed by atoms with van der Waals surface area (Å²) in [5.74, 6) is 1.45. The maximum atomic E-state index is 10.8. The van der Waals surface area contributed by atoms with Crippen molar-refractivity contribution in [3.63, 3.8) is 0 Å². The van der Waals surface area contributed by atoms with Crippen molar-refractivity contribution in [3.8, 4) is 0 Å². The van der Waals surface area contributed by atoms with Gasteiger partial charge in [-0.15, -0.1) is 0 Å². The van der Waals surface area contributed by atoms with Crippen molar-refractivity contribution in [1.29, 1.82) is 0 Å². The molecule has 0 bridgehead atoms. The Morgan fingerprint density at radius 3 is 2.45 bits per heavy atom. The Morgan fingerprint density at radius 1 is 1.64 bits per heavy atom. The van der Waals surface area contributed by atoms with Crippen LogP contribution in [0, 0.1) is 11.8 Å². The van der Waals surface area contributed by atoms with Crippen LogP contribution in [0.25, 0.3) is 0 Å². The van der Waals surface area contributed by atoms with Crippen LogP contribution in [-0.4, -0.2) is 18.9 Å². The molecule has 1 unspecified atom stereocenters. The monoisotopic (exact) mass is 155 g/mol. The van der Waals surface area contributed by atoms with E-state index >= 15 is 0 Å². The predicted molar refractivity (Wildman–Crippen MR) is 45.4 cm³/mol. The van der Waals surface area contributed by atoms with Crippen LogP contribution in [0.4, 0.5) is 0 Å². The zero-order chi connectivity index (χ0) is 8.43. The van der Waals surface area contributed by atoms with Crippen LogP contribution in [0.2, 0.25) is 0 Å². The van der Waals surface area contributed by atoms with Crippen LogP contribution >= 0.6 is 0 Å². The topological polar surface area (TPSA) is 29.1 Å². The van der Waals surface area contributed by atoms with Gasteiger partial charge in [0, 0.05) is 18.4 Å². The SMILES string of the molecule is CNC(CC(C)C)[C@@H]1CC1=O. The lowest BCUT2D eigenvalue weighted by Crippen LogP contribution is -2.29. The van der Waals surface area contributed by atoms with Gasteiger partial charge < -0.3 is 5.32 Å². The summed E-state index contributed by atoms with van der Waals surface area (Å²) in [5, 5.41) is 3.20. The molecule has 0 amide bonds. The largest absolute Gasteiger partial charge is 0.316 e. The van der Waals surface area contributed by atoms with Gasteiger partial charge in [-0.1, -0.05) is 13.8 Å². The molecule has 1 aliphatic carbocycles. The highest BCUT2D eigenvalue weighted by Crippen LogP contribution is 2.30. The van der Waals surface area contributed by atoms with Gasteiger partial charge in [-0.3, -0.25) is 4.79 Å². The van der Waals surface area contributed by atoms with Crippen molar-refractivity contribution in [1.82, 2.24) is 5.32 Å². The molecule has 0 radical (unpaired) electrons. The Balaban J connectivity index is 2.31. The highest BCUT2D eigenvalue weighted by Gasteiger charge is 2.40. The molecule has 0 aromatic heterocycles. The van der Waals surface area contributed by atoms with Crippen LogP contribution in [0.3, 0.4) is 0 Å². The summed E-state index contributed by atoms with van der Waals surface area (Å²) in [6.07, 6.45) is 1.92. The van der Waals surface area contributed by atoms with Crippen LogP contribution in [0.1, 0.15) is 26.7 Å². The normalized spacial score (nSPS) is 25.8. The Bertz CT molecular complexity index is 154. The van der Waals surface area contributed by atoms with Gasteiger partial charge in [0.05, 0.1) is 0 Å². The number of Topliss-reactive ketones (excluding diaryl/α,β-unsaturated/α-hetero) is 1. The average Bonchev–Trinajstić information content (AvgIpc) is 2.61. The summed E-state index contributed by atoms with van der Waals surface area (Å²) in [7, 11) is 1.94. The van der Waals surface area contributed by atoms with Crippen molar-refractivity contribution in [2.75, 3.05) is 7.05 Å². The maximum absolute atomic E-state index is 10.8. The smallest absolute Gasteiger partial charge is 0.138 e. The van der Waals surface area contributed by atoms with Gasteiger partial charge in [0.15, 0.2) is 0 Å². The van der Waals surface area contributed by atoms with Gasteiger partial charge in [0.2, 0.25) is 0 Å². The lowest BCUT2D eigenvalue weighted by Gasteiger charge is -2.15. The van der Waals surface area contributed by atoms with Gasteiger partial charge in [-0.05, 0) is 19.4 Å². The van der Waals surface area contributed by atoms with Crippen molar-refractivity contribution in [2.24, 2.45) is 11.8 Å². The fourth-order valence-corrected chi connectivity index (χ4v) is 1.52. The minimum Gasteiger partial charge on any atom is -0.316 e. The first kappa shape index (κ1) is 8.72. The molecule has 0 aliphatic heterocycles. The van der Waals surface area contributed by atoms with E-state index in [1.54, 1.807) is 0 Å². The minimum absolute atomic E-state index is 0.336. The summed E-state index contributed by atoms with van der Waals surface area (Å²) in [5.41, 5.74) is 0. The number of hydrogen-bond donors (Lipinski definition) is 1. The van der Waals surface area contributed by atoms with E-state index in [9.17, 15) is 4.79 Å². The molecule has 0 aromatic carbocycles. The maximum Gasteiger partial charge on any atom is 0.138 e. The molecule has 1 aliphatic rings. The van der Waals surface area contributed by atoms with E-state index in [4.69, 9.17) is 0 Å². The summed E-state index contributed by atoms with van der Waals surface area (Å²) in [6, 6.07) is 0.433. The van der Waals surface area contributed by atoms with E-state index in [0.29, 0.717) is 23.7 Å². The third-order valence-corrected chi connectivity index (χ3v) is 2.26. The summed E-state index contributed by atoms with van der Waals surface area (Å²) in [4.78, 5) is 10.8. The fraction of sp³-hybridized carbons (Fsp3) is 0.889. The average molecular weight is 155 g/mol. The molecule has 1 N–H and O–H groups in total. The number of carbonyl (C=O) groups is 1. The molecule has 0 aromatic rings. The molecule has 0 saturated heterocycles. The highest BCUT2D eigenvalue weighted by molar-refractivity contribution is 5.96. The first-order valence-electron chi connectivity index (χ1n) is 4.35. The molecule has 2 heteroatoms. The zero-order valence-corrected chi connectivity index (χ0v) is 7.55. The molecule has 2 nitrogen and oxygen atoms in total. The molecule has 0 heterocycles. The quantitative estimate of drug-likeness (QED) is 0.661. The molecule has 1 rings (SSSR count). The summed E-state index contributed by atoms with van der Waals surface area (Å²) >= 11 is 0. The Morgan fingerprint density at radius 2 is 2.18 bits per heavy atom. The summed E-state index contributed by atoms with van der Waals surface area (Å²) in [6.45, 7) is 4.38. The van der Waals surface area contributed by atoms with Crippen LogP contribution in [-0.2, 0) is 4.79 Å². The number of hydrogen-bond acceptors (Lipinski definition) is 2. The van der Waals surface area contributed by atoms with Crippen molar-refractivity contribution < 1.29 is 4.79 Å². The van der Waals surface area contributed by atoms with Crippen LogP contribution < -0.4 is 5.32 Å². The van der Waals surface area contributed by atoms with Gasteiger partial charge in [0.1, 0.15) is 5.78 Å². The standard InChI is InChI=1S/C9H17NO/c1-6(2)4-8(10-3)7-5-9(7)11/h6-8,10H,4-5H2,1-3H3/t7-,8?/m0/s1. The predicted octanol–water partition coefficient (Wildman–Crippen LogP) is 1.21. The lowest BCUT2D eigenvalue weighted by atomic mass is 10.0. The lowest BCUT2D eigenvalue weighted by molar-refractivity contribution is -0.111. The van der Waals surface area contributed by atoms with Gasteiger partial charge >= 0.3 is 0 Å². The van der Waals surface area contributed by atoms with E-state index in [1.807, 2.05) is 7.05 Å². The third-order valence-electron chi connectivity index (χ3n) is 2.26. The molecule has 0 spiro atoms. The fourth-order valence-electron chi connectivity index (χ4n) is 1.52. The minimum atomic E-state index is 0.336. The van der Waals surface area contributed by atoms with Crippen LogP contribution in [0.5, 0.6) is 0 Å². The van der Waals surface area contributed by atoms with Crippen molar-refractivity contribution in [3.05, 3.63) is 0 Å². The molecule has 11 heavy (non-hydrogen) atoms. The number of nitrogens with one attached hydrogen (secondary N) is 1.